The normalized spacial score (nSPS) is 10.1. The molecule has 0 rings (SSSR count). The Morgan fingerprint density at radius 3 is 2.12 bits per heavy atom. The van der Waals surface area contributed by atoms with Gasteiger partial charge >= 0.3 is 8.25 Å². The molecule has 0 spiro atoms. The van der Waals surface area contributed by atoms with E-state index in [1.807, 2.05) is 0 Å². The van der Waals surface area contributed by atoms with Crippen molar-refractivity contribution in [2.45, 2.75) is 0 Å². The van der Waals surface area contributed by atoms with Gasteiger partial charge < -0.3 is 9.42 Å². The van der Waals surface area contributed by atoms with Crippen molar-refractivity contribution in [2.75, 3.05) is 7.11 Å². The van der Waals surface area contributed by atoms with E-state index in [-0.39, 0.29) is 0 Å². The van der Waals surface area contributed by atoms with Crippen molar-refractivity contribution in [3.63, 3.8) is 0 Å². The first-order chi connectivity index (χ1) is 3.68. The first-order valence-corrected chi connectivity index (χ1v) is 3.03. The van der Waals surface area contributed by atoms with Crippen molar-refractivity contribution in [3.8, 4) is 5.97 Å². The quantitative estimate of drug-likeness (QED) is 0.374. The molecule has 0 aromatic carbocycles. The minimum atomic E-state index is -2.62. The molecule has 46 valence electrons. The maximum Gasteiger partial charge on any atom is 0.316 e. The van der Waals surface area contributed by atoms with Gasteiger partial charge in [0.15, 0.2) is 0 Å². The van der Waals surface area contributed by atoms with Gasteiger partial charge in [0.1, 0.15) is 0 Å². The number of nitrogens with zero attached hydrogens (tertiary/aromatic N) is 1. The molecule has 0 saturated carbocycles. The second-order valence-electron chi connectivity index (χ2n) is 0.694. The molecular weight excluding hydrogens is 128 g/mol. The summed E-state index contributed by atoms with van der Waals surface area (Å²) in [4.78, 5) is 7.69. The smallest absolute Gasteiger partial charge is 0.316 e. The Labute approximate surface area is 49.4 Å². The molecule has 1 unspecified atom stereocenters. The first kappa shape index (κ1) is 10.6. The van der Waals surface area contributed by atoms with Crippen LogP contribution in [0.25, 0.3) is 0 Å². The molecule has 1 atom stereocenters. The molecule has 0 aromatic heterocycles. The monoisotopic (exact) mass is 135 g/mol. The van der Waals surface area contributed by atoms with E-state index in [0.717, 1.165) is 0 Å². The van der Waals surface area contributed by atoms with Gasteiger partial charge in [-0.1, -0.05) is 0 Å². The Morgan fingerprint density at radius 1 is 2.00 bits per heavy atom. The Balaban J connectivity index is 0. The number of hydrogen-bond donors (Lipinski definition) is 1. The van der Waals surface area contributed by atoms with E-state index in [1.54, 1.807) is 5.97 Å². The zero-order valence-electron chi connectivity index (χ0n) is 4.71. The van der Waals surface area contributed by atoms with Gasteiger partial charge in [0.25, 0.3) is 0 Å². The van der Waals surface area contributed by atoms with Crippen molar-refractivity contribution in [1.82, 2.24) is 0 Å². The Kier molecular flexibility index (Phi) is 13.1. The zero-order chi connectivity index (χ0) is 6.99. The van der Waals surface area contributed by atoms with Crippen molar-refractivity contribution in [2.24, 2.45) is 0 Å². The molecule has 4 nitrogen and oxygen atoms in total. The summed E-state index contributed by atoms with van der Waals surface area (Å²) < 4.78 is 13.2. The van der Waals surface area contributed by atoms with Crippen LogP contribution in [0.2, 0.25) is 0 Å². The summed E-state index contributed by atoms with van der Waals surface area (Å²) in [6, 6.07) is 0. The summed E-state index contributed by atoms with van der Waals surface area (Å²) in [6.07, 6.45) is 0. The fourth-order valence-corrected chi connectivity index (χ4v) is 0. The van der Waals surface area contributed by atoms with Gasteiger partial charge in [-0.25, -0.2) is 5.26 Å². The highest BCUT2D eigenvalue weighted by atomic mass is 31.1. The third kappa shape index (κ3) is 43.4. The van der Waals surface area contributed by atoms with Crippen LogP contribution in [0, 0.1) is 11.2 Å². The summed E-state index contributed by atoms with van der Waals surface area (Å²) in [7, 11) is -0.0116. The lowest BCUT2D eigenvalue weighted by atomic mass is 10.2. The molecule has 0 saturated heterocycles. The third-order valence-electron chi connectivity index (χ3n) is 0.175. The fourth-order valence-electron chi connectivity index (χ4n) is 0. The second-order valence-corrected chi connectivity index (χ2v) is 1.63. The molecule has 0 radical (unpaired) electrons. The van der Waals surface area contributed by atoms with Crippen LogP contribution in [0.4, 0.5) is 0 Å². The van der Waals surface area contributed by atoms with Crippen molar-refractivity contribution in [3.05, 3.63) is 0 Å². The van der Waals surface area contributed by atoms with E-state index in [0.29, 0.717) is 0 Å². The predicted octanol–water partition coefficient (Wildman–Crippen LogP) is -0.885. The van der Waals surface area contributed by atoms with E-state index < -0.39 is 8.25 Å². The average Bonchev–Trinajstić information content (AvgIpc) is 1.69. The molecule has 0 heterocycles. The number of hydrogen-bond acceptors (Lipinski definition) is 3. The van der Waals surface area contributed by atoms with Crippen LogP contribution in [0.3, 0.4) is 0 Å². The highest BCUT2D eigenvalue weighted by Crippen LogP contribution is 2.09. The van der Waals surface area contributed by atoms with Crippen molar-refractivity contribution < 1.29 is 14.0 Å². The van der Waals surface area contributed by atoms with Crippen LogP contribution in [0.15, 0.2) is 0 Å². The van der Waals surface area contributed by atoms with Gasteiger partial charge in [-0.05, 0) is 5.97 Å². The van der Waals surface area contributed by atoms with E-state index in [4.69, 9.17) is 10.2 Å². The molecular formula is C2H7BNO3P. The Hall–Kier alpha value is -0.295. The summed E-state index contributed by atoms with van der Waals surface area (Å²) in [5.74, 6) is 1.75. The zero-order valence-corrected chi connectivity index (χ0v) is 5.71. The van der Waals surface area contributed by atoms with Gasteiger partial charge in [-0.3, -0.25) is 4.57 Å². The Bertz CT molecular complexity index is 99.9. The number of rotatable bonds is 1. The van der Waals surface area contributed by atoms with E-state index in [9.17, 15) is 4.57 Å². The number of nitriles is 1. The van der Waals surface area contributed by atoms with Crippen LogP contribution < -0.4 is 0 Å². The fraction of sp³-hybridized carbons (Fsp3) is 0.500. The molecule has 8 heavy (non-hydrogen) atoms. The highest BCUT2D eigenvalue weighted by molar-refractivity contribution is 7.32. The first-order valence-electron chi connectivity index (χ1n) is 1.76. The Morgan fingerprint density at radius 2 is 2.12 bits per heavy atom. The molecule has 0 aliphatic rings. The van der Waals surface area contributed by atoms with Gasteiger partial charge in [-0.2, -0.15) is 0 Å². The molecule has 0 aliphatic heterocycles. The third-order valence-corrected chi connectivity index (χ3v) is 0.524. The van der Waals surface area contributed by atoms with Gasteiger partial charge in [0.2, 0.25) is 7.85 Å². The lowest BCUT2D eigenvalue weighted by Crippen LogP contribution is -1.57. The summed E-state index contributed by atoms with van der Waals surface area (Å²) in [6.45, 7) is 0. The van der Waals surface area contributed by atoms with Crippen LogP contribution in [0.5, 0.6) is 0 Å². The second kappa shape index (κ2) is 9.86. The topological polar surface area (TPSA) is 70.3 Å². The van der Waals surface area contributed by atoms with Gasteiger partial charge in [0, 0.05) is 7.11 Å². The predicted molar refractivity (Wildman–Crippen MR) is 32.4 cm³/mol. The minimum absolute atomic E-state index is 1.18. The van der Waals surface area contributed by atoms with Crippen LogP contribution in [-0.4, -0.2) is 19.8 Å². The highest BCUT2D eigenvalue weighted by Gasteiger charge is 1.74. The van der Waals surface area contributed by atoms with Crippen molar-refractivity contribution >= 4 is 16.1 Å². The lowest BCUT2D eigenvalue weighted by Gasteiger charge is -1.78. The SMILES string of the molecule is BC#N.CO[PH](=O)O. The van der Waals surface area contributed by atoms with Crippen LogP contribution >= 0.6 is 8.25 Å². The van der Waals surface area contributed by atoms with E-state index in [1.165, 1.54) is 15.0 Å². The largest absolute Gasteiger partial charge is 0.326 e. The lowest BCUT2D eigenvalue weighted by molar-refractivity contribution is 0.343. The average molecular weight is 135 g/mol. The van der Waals surface area contributed by atoms with E-state index in [2.05, 4.69) is 4.52 Å². The molecule has 1 N–H and O–H groups in total. The standard InChI is InChI=1S/CH2BN.CH5O3P/c2-1-3;1-4-5(2)3/h2H2;5H,1H3,(H,2,3). The van der Waals surface area contributed by atoms with Gasteiger partial charge in [0.05, 0.1) is 0 Å². The molecule has 0 aliphatic carbocycles. The van der Waals surface area contributed by atoms with Crippen LogP contribution in [0.1, 0.15) is 0 Å². The maximum absolute atomic E-state index is 9.33. The summed E-state index contributed by atoms with van der Waals surface area (Å²) >= 11 is 0. The van der Waals surface area contributed by atoms with Crippen molar-refractivity contribution in [1.29, 1.82) is 5.26 Å². The molecule has 6 heteroatoms. The van der Waals surface area contributed by atoms with Crippen LogP contribution in [-0.2, 0) is 9.09 Å². The molecule has 0 bridgehead atoms. The van der Waals surface area contributed by atoms with Gasteiger partial charge in [-0.15, -0.1) is 0 Å². The maximum atomic E-state index is 9.33. The summed E-state index contributed by atoms with van der Waals surface area (Å²) in [5, 5.41) is 7.32. The van der Waals surface area contributed by atoms with E-state index >= 15 is 0 Å². The summed E-state index contributed by atoms with van der Waals surface area (Å²) in [5.41, 5.74) is 0. The molecule has 0 aromatic rings. The molecule has 0 fully saturated rings. The molecule has 0 amide bonds. The minimum Gasteiger partial charge on any atom is -0.326 e.